The Bertz CT molecular complexity index is 1160. The van der Waals surface area contributed by atoms with E-state index in [1.54, 1.807) is 0 Å². The Hall–Kier alpha value is -3.26. The predicted octanol–water partition coefficient (Wildman–Crippen LogP) is 2.95. The number of ether oxygens (including phenoxy) is 1. The zero-order valence-corrected chi connectivity index (χ0v) is 16.8. The SMILES string of the molecule is Cc1cnn(C)c1-c1cc(-c2ccnc3[nH]ccc23)nc(N2CCOCC2C)n1. The van der Waals surface area contributed by atoms with Crippen molar-refractivity contribution in [3.05, 3.63) is 42.4 Å². The topological polar surface area (TPSA) is 84.8 Å². The Morgan fingerprint density at radius 2 is 2.07 bits per heavy atom. The van der Waals surface area contributed by atoms with Crippen molar-refractivity contribution >= 4 is 17.0 Å². The van der Waals surface area contributed by atoms with Gasteiger partial charge in [-0.2, -0.15) is 5.10 Å². The molecule has 0 spiro atoms. The van der Waals surface area contributed by atoms with Crippen molar-refractivity contribution in [2.45, 2.75) is 19.9 Å². The molecule has 1 saturated heterocycles. The number of pyridine rings is 1. The lowest BCUT2D eigenvalue weighted by molar-refractivity contribution is 0.0981. The van der Waals surface area contributed by atoms with Crippen molar-refractivity contribution in [3.63, 3.8) is 0 Å². The maximum absolute atomic E-state index is 5.61. The first-order chi connectivity index (χ1) is 14.1. The number of aromatic nitrogens is 6. The second-order valence-electron chi connectivity index (χ2n) is 7.45. The van der Waals surface area contributed by atoms with Crippen LogP contribution in [0.25, 0.3) is 33.7 Å². The molecule has 8 nitrogen and oxygen atoms in total. The molecule has 5 rings (SSSR count). The van der Waals surface area contributed by atoms with Crippen LogP contribution in [0.15, 0.2) is 36.8 Å². The van der Waals surface area contributed by atoms with E-state index in [1.807, 2.05) is 48.5 Å². The van der Waals surface area contributed by atoms with Crippen molar-refractivity contribution < 1.29 is 4.74 Å². The van der Waals surface area contributed by atoms with E-state index in [2.05, 4.69) is 33.8 Å². The summed E-state index contributed by atoms with van der Waals surface area (Å²) < 4.78 is 7.48. The highest BCUT2D eigenvalue weighted by Gasteiger charge is 2.24. The third-order valence-electron chi connectivity index (χ3n) is 5.44. The van der Waals surface area contributed by atoms with E-state index in [0.717, 1.165) is 51.7 Å². The Morgan fingerprint density at radius 1 is 1.21 bits per heavy atom. The number of anilines is 1. The van der Waals surface area contributed by atoms with Gasteiger partial charge in [0.25, 0.3) is 0 Å². The van der Waals surface area contributed by atoms with E-state index in [0.29, 0.717) is 13.2 Å². The minimum absolute atomic E-state index is 0.212. The smallest absolute Gasteiger partial charge is 0.226 e. The number of aromatic amines is 1. The van der Waals surface area contributed by atoms with Gasteiger partial charge < -0.3 is 14.6 Å². The molecule has 8 heteroatoms. The predicted molar refractivity (Wildman–Crippen MR) is 112 cm³/mol. The monoisotopic (exact) mass is 389 g/mol. The summed E-state index contributed by atoms with van der Waals surface area (Å²) in [5, 5.41) is 5.44. The second-order valence-corrected chi connectivity index (χ2v) is 7.45. The average molecular weight is 389 g/mol. The van der Waals surface area contributed by atoms with E-state index in [1.165, 1.54) is 0 Å². The van der Waals surface area contributed by atoms with Crippen LogP contribution in [0, 0.1) is 6.92 Å². The average Bonchev–Trinajstić information content (AvgIpc) is 3.34. The molecule has 0 saturated carbocycles. The van der Waals surface area contributed by atoms with Crippen LogP contribution in [0.4, 0.5) is 5.95 Å². The van der Waals surface area contributed by atoms with Gasteiger partial charge in [-0.25, -0.2) is 15.0 Å². The summed E-state index contributed by atoms with van der Waals surface area (Å²) >= 11 is 0. The van der Waals surface area contributed by atoms with Crippen molar-refractivity contribution in [3.8, 4) is 22.6 Å². The lowest BCUT2D eigenvalue weighted by Gasteiger charge is -2.33. The third kappa shape index (κ3) is 3.05. The highest BCUT2D eigenvalue weighted by atomic mass is 16.5. The molecular weight excluding hydrogens is 366 g/mol. The van der Waals surface area contributed by atoms with Crippen LogP contribution in [0.2, 0.25) is 0 Å². The summed E-state index contributed by atoms with van der Waals surface area (Å²) in [5.74, 6) is 0.717. The van der Waals surface area contributed by atoms with Crippen molar-refractivity contribution in [1.29, 1.82) is 0 Å². The van der Waals surface area contributed by atoms with E-state index in [-0.39, 0.29) is 6.04 Å². The Balaban J connectivity index is 1.73. The number of morpholine rings is 1. The lowest BCUT2D eigenvalue weighted by Crippen LogP contribution is -2.44. The van der Waals surface area contributed by atoms with Gasteiger partial charge in [0, 0.05) is 36.9 Å². The number of nitrogens with zero attached hydrogens (tertiary/aromatic N) is 6. The third-order valence-corrected chi connectivity index (χ3v) is 5.44. The van der Waals surface area contributed by atoms with Crippen LogP contribution in [0.1, 0.15) is 12.5 Å². The number of hydrogen-bond donors (Lipinski definition) is 1. The molecule has 1 aliphatic rings. The number of H-pyrrole nitrogens is 1. The standard InChI is InChI=1S/C21H23N7O/c1-13-11-24-27(3)19(13)18-10-17(15-4-6-22-20-16(15)5-7-23-20)25-21(26-18)28-8-9-29-12-14(28)2/h4-7,10-11,14H,8-9,12H2,1-3H3,(H,22,23). The molecule has 1 N–H and O–H groups in total. The molecular formula is C21H23N7O. The number of nitrogens with one attached hydrogen (secondary N) is 1. The summed E-state index contributed by atoms with van der Waals surface area (Å²) in [5.41, 5.74) is 5.69. The van der Waals surface area contributed by atoms with Crippen LogP contribution in [-0.2, 0) is 11.8 Å². The molecule has 1 atom stereocenters. The molecule has 4 aromatic rings. The first kappa shape index (κ1) is 17.8. The second kappa shape index (κ2) is 6.97. The molecule has 0 aliphatic carbocycles. The van der Waals surface area contributed by atoms with E-state index < -0.39 is 0 Å². The first-order valence-electron chi connectivity index (χ1n) is 9.76. The highest BCUT2D eigenvalue weighted by Crippen LogP contribution is 2.31. The minimum atomic E-state index is 0.212. The van der Waals surface area contributed by atoms with E-state index in [4.69, 9.17) is 14.7 Å². The molecule has 0 amide bonds. The molecule has 29 heavy (non-hydrogen) atoms. The minimum Gasteiger partial charge on any atom is -0.377 e. The molecule has 1 unspecified atom stereocenters. The summed E-state index contributed by atoms with van der Waals surface area (Å²) in [7, 11) is 1.94. The van der Waals surface area contributed by atoms with Crippen molar-refractivity contribution in [2.24, 2.45) is 7.05 Å². The van der Waals surface area contributed by atoms with Gasteiger partial charge in [0.15, 0.2) is 0 Å². The molecule has 0 bridgehead atoms. The van der Waals surface area contributed by atoms with Crippen LogP contribution in [0.3, 0.4) is 0 Å². The van der Waals surface area contributed by atoms with E-state index in [9.17, 15) is 0 Å². The molecule has 0 aromatic carbocycles. The van der Waals surface area contributed by atoms with Crippen LogP contribution in [0.5, 0.6) is 0 Å². The number of hydrogen-bond acceptors (Lipinski definition) is 6. The van der Waals surface area contributed by atoms with Gasteiger partial charge in [-0.15, -0.1) is 0 Å². The van der Waals surface area contributed by atoms with Crippen LogP contribution < -0.4 is 4.90 Å². The number of rotatable bonds is 3. The van der Waals surface area contributed by atoms with Gasteiger partial charge in [0.05, 0.1) is 42.5 Å². The molecule has 1 fully saturated rings. The Morgan fingerprint density at radius 3 is 2.86 bits per heavy atom. The molecule has 4 aromatic heterocycles. The zero-order chi connectivity index (χ0) is 20.0. The Labute approximate surface area is 168 Å². The molecule has 1 aliphatic heterocycles. The molecule has 0 radical (unpaired) electrons. The highest BCUT2D eigenvalue weighted by molar-refractivity contribution is 5.92. The lowest BCUT2D eigenvalue weighted by atomic mass is 10.1. The summed E-state index contributed by atoms with van der Waals surface area (Å²) in [6, 6.07) is 6.29. The van der Waals surface area contributed by atoms with Gasteiger partial charge in [-0.3, -0.25) is 4.68 Å². The van der Waals surface area contributed by atoms with Gasteiger partial charge in [0.1, 0.15) is 5.65 Å². The first-order valence-corrected chi connectivity index (χ1v) is 9.76. The van der Waals surface area contributed by atoms with Gasteiger partial charge in [0.2, 0.25) is 5.95 Å². The zero-order valence-electron chi connectivity index (χ0n) is 16.8. The number of aryl methyl sites for hydroxylation is 2. The largest absolute Gasteiger partial charge is 0.377 e. The fraction of sp³-hybridized carbons (Fsp3) is 0.333. The van der Waals surface area contributed by atoms with Gasteiger partial charge in [-0.05, 0) is 37.6 Å². The molecule has 148 valence electrons. The maximum atomic E-state index is 5.61. The van der Waals surface area contributed by atoms with E-state index >= 15 is 0 Å². The summed E-state index contributed by atoms with van der Waals surface area (Å²) in [6.07, 6.45) is 5.58. The number of fused-ring (bicyclic) bond motifs is 1. The molecule has 5 heterocycles. The Kier molecular flexibility index (Phi) is 4.28. The summed E-state index contributed by atoms with van der Waals surface area (Å²) in [4.78, 5) is 19.7. The fourth-order valence-electron chi connectivity index (χ4n) is 3.95. The van der Waals surface area contributed by atoms with Crippen LogP contribution in [-0.4, -0.2) is 55.5 Å². The maximum Gasteiger partial charge on any atom is 0.226 e. The summed E-state index contributed by atoms with van der Waals surface area (Å²) in [6.45, 7) is 6.31. The van der Waals surface area contributed by atoms with Crippen molar-refractivity contribution in [2.75, 3.05) is 24.7 Å². The fourth-order valence-corrected chi connectivity index (χ4v) is 3.95. The van der Waals surface area contributed by atoms with Gasteiger partial charge in [-0.1, -0.05) is 0 Å². The quantitative estimate of drug-likeness (QED) is 0.580. The van der Waals surface area contributed by atoms with Crippen LogP contribution >= 0.6 is 0 Å². The normalized spacial score (nSPS) is 17.2. The van der Waals surface area contributed by atoms with Gasteiger partial charge >= 0.3 is 0 Å². The van der Waals surface area contributed by atoms with Crippen molar-refractivity contribution in [1.82, 2.24) is 29.7 Å².